The first-order valence-corrected chi connectivity index (χ1v) is 7.31. The molecule has 2 rings (SSSR count). The zero-order valence-corrected chi connectivity index (χ0v) is 12.6. The minimum atomic E-state index is -0.311. The summed E-state index contributed by atoms with van der Waals surface area (Å²) >= 11 is 3.37. The Kier molecular flexibility index (Phi) is 4.96. The van der Waals surface area contributed by atoms with Gasteiger partial charge in [0.2, 0.25) is 0 Å². The van der Waals surface area contributed by atoms with Crippen LogP contribution in [0.5, 0.6) is 0 Å². The molecule has 1 aliphatic rings. The fraction of sp³-hybridized carbons (Fsp3) is 0.500. The molecule has 5 heteroatoms. The van der Waals surface area contributed by atoms with Gasteiger partial charge in [-0.2, -0.15) is 0 Å². The highest BCUT2D eigenvalue weighted by Crippen LogP contribution is 2.13. The Balaban J connectivity index is 1.90. The van der Waals surface area contributed by atoms with Crippen molar-refractivity contribution in [3.05, 3.63) is 34.3 Å². The minimum Gasteiger partial charge on any atom is -0.392 e. The van der Waals surface area contributed by atoms with E-state index in [1.54, 1.807) is 6.92 Å². The van der Waals surface area contributed by atoms with Gasteiger partial charge in [0, 0.05) is 42.8 Å². The first kappa shape index (κ1) is 14.5. The molecule has 1 fully saturated rings. The number of β-amino-alcohol motifs (C(OH)–C–C–N with tert-alkyl or cyclic N) is 1. The highest BCUT2D eigenvalue weighted by atomic mass is 79.9. The number of aliphatic hydroxyl groups is 1. The summed E-state index contributed by atoms with van der Waals surface area (Å²) in [5, 5.41) is 9.36. The molecule has 104 valence electrons. The van der Waals surface area contributed by atoms with E-state index in [0.29, 0.717) is 6.54 Å². The molecule has 1 heterocycles. The fourth-order valence-corrected chi connectivity index (χ4v) is 2.55. The predicted molar refractivity (Wildman–Crippen MR) is 78.2 cm³/mol. The zero-order chi connectivity index (χ0) is 13.8. The van der Waals surface area contributed by atoms with Crippen molar-refractivity contribution in [1.82, 2.24) is 9.80 Å². The normalized spacial score (nSPS) is 18.4. The summed E-state index contributed by atoms with van der Waals surface area (Å²) in [6.07, 6.45) is -0.311. The number of carbonyl (C=O) groups is 1. The van der Waals surface area contributed by atoms with E-state index in [9.17, 15) is 9.90 Å². The van der Waals surface area contributed by atoms with Crippen molar-refractivity contribution in [2.75, 3.05) is 32.7 Å². The monoisotopic (exact) mass is 326 g/mol. The second kappa shape index (κ2) is 6.50. The van der Waals surface area contributed by atoms with Gasteiger partial charge >= 0.3 is 0 Å². The van der Waals surface area contributed by atoms with Gasteiger partial charge in [-0.05, 0) is 31.2 Å². The van der Waals surface area contributed by atoms with Gasteiger partial charge in [-0.1, -0.05) is 15.9 Å². The van der Waals surface area contributed by atoms with Gasteiger partial charge in [-0.15, -0.1) is 0 Å². The Hall–Kier alpha value is -0.910. The molecular weight excluding hydrogens is 308 g/mol. The SMILES string of the molecule is CC(O)CN1CCN(C(=O)c2ccc(Br)cc2)CC1. The smallest absolute Gasteiger partial charge is 0.253 e. The van der Waals surface area contributed by atoms with Crippen LogP contribution in [0.2, 0.25) is 0 Å². The first-order valence-electron chi connectivity index (χ1n) is 6.51. The Morgan fingerprint density at radius 2 is 1.84 bits per heavy atom. The third-order valence-corrected chi connectivity index (χ3v) is 3.80. The average Bonchev–Trinajstić information content (AvgIpc) is 2.39. The number of nitrogens with zero attached hydrogens (tertiary/aromatic N) is 2. The highest BCUT2D eigenvalue weighted by molar-refractivity contribution is 9.10. The van der Waals surface area contributed by atoms with Gasteiger partial charge in [-0.25, -0.2) is 0 Å². The lowest BCUT2D eigenvalue weighted by molar-refractivity contribution is 0.0554. The number of hydrogen-bond acceptors (Lipinski definition) is 3. The number of halogens is 1. The maximum atomic E-state index is 12.3. The van der Waals surface area contributed by atoms with Crippen LogP contribution < -0.4 is 0 Å². The van der Waals surface area contributed by atoms with Crippen molar-refractivity contribution in [3.8, 4) is 0 Å². The molecule has 1 saturated heterocycles. The Bertz CT molecular complexity index is 426. The van der Waals surface area contributed by atoms with Gasteiger partial charge in [0.1, 0.15) is 0 Å². The molecule has 1 N–H and O–H groups in total. The molecule has 0 bridgehead atoms. The lowest BCUT2D eigenvalue weighted by Crippen LogP contribution is -2.50. The first-order chi connectivity index (χ1) is 9.06. The molecule has 1 amide bonds. The van der Waals surface area contributed by atoms with E-state index >= 15 is 0 Å². The Morgan fingerprint density at radius 3 is 2.37 bits per heavy atom. The van der Waals surface area contributed by atoms with Crippen molar-refractivity contribution in [2.45, 2.75) is 13.0 Å². The summed E-state index contributed by atoms with van der Waals surface area (Å²) in [6, 6.07) is 7.46. The molecule has 19 heavy (non-hydrogen) atoms. The molecule has 0 aliphatic carbocycles. The van der Waals surface area contributed by atoms with Crippen LogP contribution in [0.4, 0.5) is 0 Å². The quantitative estimate of drug-likeness (QED) is 0.917. The minimum absolute atomic E-state index is 0.0872. The lowest BCUT2D eigenvalue weighted by Gasteiger charge is -2.35. The lowest BCUT2D eigenvalue weighted by atomic mass is 10.2. The van der Waals surface area contributed by atoms with E-state index in [0.717, 1.165) is 36.2 Å². The largest absolute Gasteiger partial charge is 0.392 e. The van der Waals surface area contributed by atoms with Crippen molar-refractivity contribution in [1.29, 1.82) is 0 Å². The van der Waals surface area contributed by atoms with Crippen LogP contribution in [0.25, 0.3) is 0 Å². The molecule has 1 aromatic rings. The maximum absolute atomic E-state index is 12.3. The van der Waals surface area contributed by atoms with Crippen molar-refractivity contribution < 1.29 is 9.90 Å². The van der Waals surface area contributed by atoms with Gasteiger partial charge in [0.25, 0.3) is 5.91 Å². The second-order valence-electron chi connectivity index (χ2n) is 4.95. The van der Waals surface area contributed by atoms with Gasteiger partial charge in [0.05, 0.1) is 6.10 Å². The van der Waals surface area contributed by atoms with E-state index in [1.165, 1.54) is 0 Å². The van der Waals surface area contributed by atoms with Gasteiger partial charge in [0.15, 0.2) is 0 Å². The van der Waals surface area contributed by atoms with E-state index in [-0.39, 0.29) is 12.0 Å². The molecule has 1 aliphatic heterocycles. The van der Waals surface area contributed by atoms with E-state index in [2.05, 4.69) is 20.8 Å². The fourth-order valence-electron chi connectivity index (χ4n) is 2.28. The van der Waals surface area contributed by atoms with Crippen LogP contribution in [-0.4, -0.2) is 59.6 Å². The summed E-state index contributed by atoms with van der Waals surface area (Å²) < 4.78 is 0.978. The number of amides is 1. The molecule has 1 aromatic carbocycles. The molecule has 1 atom stereocenters. The Labute approximate surface area is 122 Å². The van der Waals surface area contributed by atoms with Crippen LogP contribution in [0.1, 0.15) is 17.3 Å². The van der Waals surface area contributed by atoms with Crippen LogP contribution in [-0.2, 0) is 0 Å². The van der Waals surface area contributed by atoms with Crippen LogP contribution >= 0.6 is 15.9 Å². The number of carbonyl (C=O) groups excluding carboxylic acids is 1. The van der Waals surface area contributed by atoms with Gasteiger partial charge in [-0.3, -0.25) is 9.69 Å². The van der Waals surface area contributed by atoms with E-state index in [1.807, 2.05) is 29.2 Å². The molecule has 0 saturated carbocycles. The summed E-state index contributed by atoms with van der Waals surface area (Å²) in [6.45, 7) is 5.57. The second-order valence-corrected chi connectivity index (χ2v) is 5.86. The third-order valence-electron chi connectivity index (χ3n) is 3.27. The number of benzene rings is 1. The Morgan fingerprint density at radius 1 is 1.26 bits per heavy atom. The predicted octanol–water partition coefficient (Wildman–Crippen LogP) is 1.59. The molecule has 4 nitrogen and oxygen atoms in total. The topological polar surface area (TPSA) is 43.8 Å². The number of rotatable bonds is 3. The summed E-state index contributed by atoms with van der Waals surface area (Å²) in [5.74, 6) is 0.0872. The van der Waals surface area contributed by atoms with Crippen LogP contribution in [0, 0.1) is 0 Å². The third kappa shape index (κ3) is 4.03. The van der Waals surface area contributed by atoms with E-state index in [4.69, 9.17) is 0 Å². The molecule has 0 aromatic heterocycles. The number of hydrogen-bond donors (Lipinski definition) is 1. The molecular formula is C14H19BrN2O2. The molecule has 1 unspecified atom stereocenters. The maximum Gasteiger partial charge on any atom is 0.253 e. The number of piperazine rings is 1. The van der Waals surface area contributed by atoms with Crippen molar-refractivity contribution in [3.63, 3.8) is 0 Å². The van der Waals surface area contributed by atoms with Crippen LogP contribution in [0.15, 0.2) is 28.7 Å². The standard InChI is InChI=1S/C14H19BrN2O2/c1-11(18)10-16-6-8-17(9-7-16)14(19)12-2-4-13(15)5-3-12/h2-5,11,18H,6-10H2,1H3. The van der Waals surface area contributed by atoms with Crippen molar-refractivity contribution in [2.24, 2.45) is 0 Å². The average molecular weight is 327 g/mol. The summed E-state index contributed by atoms with van der Waals surface area (Å²) in [4.78, 5) is 16.3. The van der Waals surface area contributed by atoms with Crippen molar-refractivity contribution >= 4 is 21.8 Å². The zero-order valence-electron chi connectivity index (χ0n) is 11.1. The highest BCUT2D eigenvalue weighted by Gasteiger charge is 2.22. The van der Waals surface area contributed by atoms with Crippen LogP contribution in [0.3, 0.4) is 0 Å². The van der Waals surface area contributed by atoms with E-state index < -0.39 is 0 Å². The number of aliphatic hydroxyl groups excluding tert-OH is 1. The summed E-state index contributed by atoms with van der Waals surface area (Å²) in [5.41, 5.74) is 0.729. The molecule has 0 spiro atoms. The molecule has 0 radical (unpaired) electrons. The summed E-state index contributed by atoms with van der Waals surface area (Å²) in [7, 11) is 0. The van der Waals surface area contributed by atoms with Gasteiger partial charge < -0.3 is 10.0 Å².